The Labute approximate surface area is 174 Å². The lowest BCUT2D eigenvalue weighted by molar-refractivity contribution is -0.128. The lowest BCUT2D eigenvalue weighted by atomic mass is 10.1. The molecule has 1 heterocycles. The largest absolute Gasteiger partial charge is 0.490 e. The third-order valence-corrected chi connectivity index (χ3v) is 5.29. The van der Waals surface area contributed by atoms with E-state index >= 15 is 0 Å². The zero-order chi connectivity index (χ0) is 20.6. The first-order valence-corrected chi connectivity index (χ1v) is 10.5. The Morgan fingerprint density at radius 3 is 2.52 bits per heavy atom. The fourth-order valence-electron chi connectivity index (χ4n) is 3.46. The van der Waals surface area contributed by atoms with E-state index in [1.54, 1.807) is 0 Å². The first-order valence-electron chi connectivity index (χ1n) is 10.5. The summed E-state index contributed by atoms with van der Waals surface area (Å²) in [6, 6.07) is 15.8. The molecule has 5 heteroatoms. The third kappa shape index (κ3) is 6.50. The highest BCUT2D eigenvalue weighted by atomic mass is 16.5. The molecule has 0 radical (unpaired) electrons. The Hall–Kier alpha value is -2.53. The summed E-state index contributed by atoms with van der Waals surface area (Å²) in [4.78, 5) is 14.9. The predicted molar refractivity (Wildman–Crippen MR) is 115 cm³/mol. The van der Waals surface area contributed by atoms with Crippen LogP contribution in [0.4, 0.5) is 0 Å². The van der Waals surface area contributed by atoms with Crippen molar-refractivity contribution in [2.24, 2.45) is 0 Å². The lowest BCUT2D eigenvalue weighted by Crippen LogP contribution is -2.37. The monoisotopic (exact) mass is 396 g/mol. The van der Waals surface area contributed by atoms with Gasteiger partial charge in [0.2, 0.25) is 0 Å². The van der Waals surface area contributed by atoms with Gasteiger partial charge in [-0.15, -0.1) is 0 Å². The number of likely N-dealkylation sites (tertiary alicyclic amines) is 1. The summed E-state index contributed by atoms with van der Waals surface area (Å²) in [5.41, 5.74) is 2.15. The van der Waals surface area contributed by atoms with Crippen molar-refractivity contribution in [2.75, 3.05) is 20.1 Å². The fourth-order valence-corrected chi connectivity index (χ4v) is 3.46. The number of rotatable bonds is 8. The van der Waals surface area contributed by atoms with Gasteiger partial charge in [-0.25, -0.2) is 0 Å². The average molecular weight is 397 g/mol. The van der Waals surface area contributed by atoms with Crippen molar-refractivity contribution in [3.05, 3.63) is 59.7 Å². The number of amides is 1. The molecular formula is C24H32N2O3. The molecule has 1 aliphatic heterocycles. The van der Waals surface area contributed by atoms with Gasteiger partial charge in [0.15, 0.2) is 6.10 Å². The minimum Gasteiger partial charge on any atom is -0.490 e. The molecule has 3 rings (SSSR count). The summed E-state index contributed by atoms with van der Waals surface area (Å²) in [5.74, 6) is 1.52. The fraction of sp³-hybridized carbons (Fsp3) is 0.458. The highest BCUT2D eigenvalue weighted by Crippen LogP contribution is 2.19. The van der Waals surface area contributed by atoms with E-state index in [-0.39, 0.29) is 5.91 Å². The molecule has 0 saturated carbocycles. The molecule has 1 aliphatic rings. The van der Waals surface area contributed by atoms with Gasteiger partial charge >= 0.3 is 0 Å². The minimum atomic E-state index is -0.496. The summed E-state index contributed by atoms with van der Waals surface area (Å²) in [5, 5.41) is 2.98. The number of piperidine rings is 1. The molecule has 1 saturated heterocycles. The molecule has 1 atom stereocenters. The maximum Gasteiger partial charge on any atom is 0.261 e. The van der Waals surface area contributed by atoms with E-state index in [9.17, 15) is 4.79 Å². The highest BCUT2D eigenvalue weighted by Gasteiger charge is 2.19. The molecule has 0 spiro atoms. The number of hydrogen-bond acceptors (Lipinski definition) is 4. The topological polar surface area (TPSA) is 50.8 Å². The van der Waals surface area contributed by atoms with Crippen LogP contribution in [0.25, 0.3) is 0 Å². The van der Waals surface area contributed by atoms with E-state index in [2.05, 4.69) is 17.3 Å². The van der Waals surface area contributed by atoms with E-state index < -0.39 is 6.10 Å². The quantitative estimate of drug-likeness (QED) is 0.734. The number of aryl methyl sites for hydroxylation is 1. The highest BCUT2D eigenvalue weighted by molar-refractivity contribution is 5.81. The predicted octanol–water partition coefficient (Wildman–Crippen LogP) is 3.94. The maximum atomic E-state index is 12.5. The first kappa shape index (κ1) is 21.2. The van der Waals surface area contributed by atoms with Gasteiger partial charge in [0.1, 0.15) is 17.6 Å². The van der Waals surface area contributed by atoms with Crippen molar-refractivity contribution in [1.29, 1.82) is 0 Å². The first-order chi connectivity index (χ1) is 14.0. The van der Waals surface area contributed by atoms with Gasteiger partial charge in [-0.1, -0.05) is 31.2 Å². The summed E-state index contributed by atoms with van der Waals surface area (Å²) in [6.45, 7) is 6.60. The number of carbonyl (C=O) groups is 1. The second kappa shape index (κ2) is 10.3. The van der Waals surface area contributed by atoms with Gasteiger partial charge in [-0.3, -0.25) is 4.79 Å². The average Bonchev–Trinajstić information content (AvgIpc) is 2.73. The molecule has 1 fully saturated rings. The van der Waals surface area contributed by atoms with E-state index in [1.807, 2.05) is 62.4 Å². The van der Waals surface area contributed by atoms with Crippen molar-refractivity contribution in [2.45, 2.75) is 51.9 Å². The van der Waals surface area contributed by atoms with E-state index in [0.717, 1.165) is 48.6 Å². The van der Waals surface area contributed by atoms with Crippen LogP contribution in [0.15, 0.2) is 48.5 Å². The maximum absolute atomic E-state index is 12.5. The standard InChI is InChI=1S/C24H32N2O3/c1-4-23(29-22-7-5-6-18(2)16-22)24(27)25-17-19-8-10-20(11-9-19)28-21-12-14-26(3)15-13-21/h5-11,16,21,23H,4,12-15,17H2,1-3H3,(H,25,27)/t23-/m1/s1. The smallest absolute Gasteiger partial charge is 0.261 e. The molecule has 2 aromatic carbocycles. The van der Waals surface area contributed by atoms with Crippen molar-refractivity contribution in [1.82, 2.24) is 10.2 Å². The van der Waals surface area contributed by atoms with Crippen LogP contribution in [0.5, 0.6) is 11.5 Å². The van der Waals surface area contributed by atoms with Crippen LogP contribution in [0, 0.1) is 6.92 Å². The summed E-state index contributed by atoms with van der Waals surface area (Å²) in [6.07, 6.45) is 2.54. The molecular weight excluding hydrogens is 364 g/mol. The van der Waals surface area contributed by atoms with Crippen LogP contribution >= 0.6 is 0 Å². The van der Waals surface area contributed by atoms with Gasteiger partial charge in [0.05, 0.1) is 0 Å². The Kier molecular flexibility index (Phi) is 7.53. The molecule has 29 heavy (non-hydrogen) atoms. The molecule has 0 aromatic heterocycles. The second-order valence-electron chi connectivity index (χ2n) is 7.81. The summed E-state index contributed by atoms with van der Waals surface area (Å²) < 4.78 is 12.0. The Bertz CT molecular complexity index is 783. The number of ether oxygens (including phenoxy) is 2. The Morgan fingerprint density at radius 2 is 1.86 bits per heavy atom. The number of nitrogens with one attached hydrogen (secondary N) is 1. The molecule has 2 aromatic rings. The van der Waals surface area contributed by atoms with Gasteiger partial charge in [-0.05, 0) is 68.6 Å². The normalized spacial score (nSPS) is 16.2. The summed E-state index contributed by atoms with van der Waals surface area (Å²) in [7, 11) is 2.15. The van der Waals surface area contributed by atoms with Crippen LogP contribution in [0.2, 0.25) is 0 Å². The van der Waals surface area contributed by atoms with Gasteiger partial charge in [-0.2, -0.15) is 0 Å². The minimum absolute atomic E-state index is 0.0966. The van der Waals surface area contributed by atoms with Gasteiger partial charge in [0.25, 0.3) is 5.91 Å². The molecule has 1 amide bonds. The van der Waals surface area contributed by atoms with Crippen LogP contribution in [0.1, 0.15) is 37.3 Å². The Balaban J connectivity index is 1.47. The number of nitrogens with zero attached hydrogens (tertiary/aromatic N) is 1. The van der Waals surface area contributed by atoms with Crippen molar-refractivity contribution >= 4 is 5.91 Å². The van der Waals surface area contributed by atoms with Gasteiger partial charge < -0.3 is 19.7 Å². The number of hydrogen-bond donors (Lipinski definition) is 1. The number of carbonyl (C=O) groups excluding carboxylic acids is 1. The molecule has 156 valence electrons. The zero-order valence-electron chi connectivity index (χ0n) is 17.7. The third-order valence-electron chi connectivity index (χ3n) is 5.29. The molecule has 0 unspecified atom stereocenters. The van der Waals surface area contributed by atoms with E-state index in [0.29, 0.717) is 19.1 Å². The van der Waals surface area contributed by atoms with E-state index in [4.69, 9.17) is 9.47 Å². The lowest BCUT2D eigenvalue weighted by Gasteiger charge is -2.29. The van der Waals surface area contributed by atoms with Crippen molar-refractivity contribution in [3.63, 3.8) is 0 Å². The molecule has 0 aliphatic carbocycles. The molecule has 1 N–H and O–H groups in total. The van der Waals surface area contributed by atoms with Crippen LogP contribution in [-0.2, 0) is 11.3 Å². The number of benzene rings is 2. The SMILES string of the molecule is CC[C@@H](Oc1cccc(C)c1)C(=O)NCc1ccc(OC2CCN(C)CC2)cc1. The van der Waals surface area contributed by atoms with Crippen molar-refractivity contribution in [3.8, 4) is 11.5 Å². The summed E-state index contributed by atoms with van der Waals surface area (Å²) >= 11 is 0. The zero-order valence-corrected chi connectivity index (χ0v) is 17.7. The van der Waals surface area contributed by atoms with E-state index in [1.165, 1.54) is 0 Å². The van der Waals surface area contributed by atoms with Crippen LogP contribution in [0.3, 0.4) is 0 Å². The molecule has 5 nitrogen and oxygen atoms in total. The Morgan fingerprint density at radius 1 is 1.14 bits per heavy atom. The van der Waals surface area contributed by atoms with Crippen LogP contribution < -0.4 is 14.8 Å². The molecule has 0 bridgehead atoms. The van der Waals surface area contributed by atoms with Crippen molar-refractivity contribution < 1.29 is 14.3 Å². The van der Waals surface area contributed by atoms with Crippen LogP contribution in [-0.4, -0.2) is 43.2 Å². The second-order valence-corrected chi connectivity index (χ2v) is 7.81. The van der Waals surface area contributed by atoms with Gasteiger partial charge in [0, 0.05) is 19.6 Å².